The Kier molecular flexibility index (Phi) is 11.3. The average molecular weight is 678 g/mol. The van der Waals surface area contributed by atoms with Crippen molar-refractivity contribution >= 4 is 21.4 Å². The first-order chi connectivity index (χ1) is 22.2. The number of hydrogen-bond acceptors (Lipinski definition) is 6. The van der Waals surface area contributed by atoms with Crippen molar-refractivity contribution in [3.8, 4) is 6.07 Å². The van der Waals surface area contributed by atoms with Crippen molar-refractivity contribution in [1.29, 1.82) is 5.26 Å². The van der Waals surface area contributed by atoms with Crippen LogP contribution in [0.2, 0.25) is 0 Å². The quantitative estimate of drug-likeness (QED) is 0.198. The van der Waals surface area contributed by atoms with Crippen LogP contribution in [0, 0.1) is 11.3 Å². The van der Waals surface area contributed by atoms with Crippen LogP contribution in [0.25, 0.3) is 0 Å². The van der Waals surface area contributed by atoms with E-state index in [-0.39, 0.29) is 35.2 Å². The fourth-order valence-electron chi connectivity index (χ4n) is 5.52. The third-order valence-electron chi connectivity index (χ3n) is 8.40. The van der Waals surface area contributed by atoms with E-state index in [1.165, 1.54) is 38.1 Å². The number of rotatable bonds is 12. The Morgan fingerprint density at radius 1 is 0.979 bits per heavy atom. The van der Waals surface area contributed by atoms with E-state index >= 15 is 0 Å². The van der Waals surface area contributed by atoms with Crippen molar-refractivity contribution in [2.45, 2.75) is 74.7 Å². The van der Waals surface area contributed by atoms with Gasteiger partial charge in [-0.05, 0) is 72.5 Å². The Balaban J connectivity index is 1.53. The van der Waals surface area contributed by atoms with E-state index in [1.807, 2.05) is 11.0 Å². The minimum absolute atomic E-state index is 0.0626. The van der Waals surface area contributed by atoms with Gasteiger partial charge in [-0.3, -0.25) is 4.79 Å². The number of nitrogens with one attached hydrogen (secondary N) is 1. The highest BCUT2D eigenvalue weighted by Gasteiger charge is 2.35. The number of benzene rings is 3. The summed E-state index contributed by atoms with van der Waals surface area (Å²) in [6.07, 6.45) is -7.32. The van der Waals surface area contributed by atoms with Crippen molar-refractivity contribution in [2.75, 3.05) is 23.8 Å². The summed E-state index contributed by atoms with van der Waals surface area (Å²) in [7, 11) is -3.42. The molecule has 0 saturated carbocycles. The fourth-order valence-corrected chi connectivity index (χ4v) is 6.40. The number of sulfone groups is 1. The molecule has 1 amide bonds. The number of halogens is 5. The second-order valence-corrected chi connectivity index (χ2v) is 13.7. The number of piperidine rings is 1. The highest BCUT2D eigenvalue weighted by atomic mass is 32.2. The van der Waals surface area contributed by atoms with Crippen LogP contribution in [0.1, 0.15) is 78.5 Å². The van der Waals surface area contributed by atoms with E-state index in [1.54, 1.807) is 36.4 Å². The number of carbonyl (C=O) groups excluding carboxylic acids is 1. The molecule has 1 unspecified atom stereocenters. The van der Waals surface area contributed by atoms with E-state index in [0.29, 0.717) is 36.2 Å². The summed E-state index contributed by atoms with van der Waals surface area (Å²) in [5.74, 6) is -0.716. The molecule has 1 heterocycles. The van der Waals surface area contributed by atoms with E-state index < -0.39 is 52.1 Å². The lowest BCUT2D eigenvalue weighted by atomic mass is 9.86. The Morgan fingerprint density at radius 3 is 2.17 bits per heavy atom. The monoisotopic (exact) mass is 677 g/mol. The van der Waals surface area contributed by atoms with Crippen LogP contribution in [-0.2, 0) is 20.8 Å². The number of nitrogens with zero attached hydrogens (tertiary/aromatic N) is 2. The molecule has 1 saturated heterocycles. The molecule has 3 atom stereocenters. The fraction of sp³-hybridized carbons (Fsp3) is 0.412. The van der Waals surface area contributed by atoms with Gasteiger partial charge in [-0.1, -0.05) is 38.1 Å². The van der Waals surface area contributed by atoms with Gasteiger partial charge in [-0.2, -0.15) is 27.2 Å². The molecule has 3 aromatic carbocycles. The van der Waals surface area contributed by atoms with E-state index in [0.717, 1.165) is 12.1 Å². The number of amides is 1. The molecule has 1 fully saturated rings. The summed E-state index contributed by atoms with van der Waals surface area (Å²) in [6, 6.07) is 18.3. The summed E-state index contributed by atoms with van der Waals surface area (Å²) in [5, 5.41) is 12.2. The van der Waals surface area contributed by atoms with Gasteiger partial charge >= 0.3 is 12.3 Å². The topological polar surface area (TPSA) is 99.5 Å². The highest BCUT2D eigenvalue weighted by Crippen LogP contribution is 2.36. The molecule has 0 spiro atoms. The van der Waals surface area contributed by atoms with Gasteiger partial charge in [0.05, 0.1) is 47.4 Å². The van der Waals surface area contributed by atoms with Crippen LogP contribution in [0.15, 0.2) is 77.7 Å². The number of anilines is 1. The molecule has 3 aromatic rings. The van der Waals surface area contributed by atoms with Gasteiger partial charge < -0.3 is 15.0 Å². The molecule has 4 rings (SSSR count). The first-order valence-electron chi connectivity index (χ1n) is 15.2. The first kappa shape index (κ1) is 35.8. The second-order valence-electron chi connectivity index (χ2n) is 11.4. The summed E-state index contributed by atoms with van der Waals surface area (Å²) in [4.78, 5) is 15.2. The van der Waals surface area contributed by atoms with Crippen molar-refractivity contribution in [2.24, 2.45) is 0 Å². The molecule has 1 aliphatic rings. The van der Waals surface area contributed by atoms with Crippen LogP contribution in [-0.4, -0.2) is 45.4 Å². The van der Waals surface area contributed by atoms with Crippen molar-refractivity contribution < 1.29 is 39.9 Å². The van der Waals surface area contributed by atoms with Crippen molar-refractivity contribution in [3.05, 3.63) is 95.1 Å². The Morgan fingerprint density at radius 2 is 1.62 bits per heavy atom. The molecular formula is C34H36F5N3O4S. The maximum Gasteiger partial charge on any atom is 0.416 e. The lowest BCUT2D eigenvalue weighted by Gasteiger charge is -2.42. The number of hydrogen-bond donors (Lipinski definition) is 1. The van der Waals surface area contributed by atoms with E-state index in [2.05, 4.69) is 5.32 Å². The molecule has 47 heavy (non-hydrogen) atoms. The number of ether oxygens (including phenoxy) is 1. The molecule has 13 heteroatoms. The van der Waals surface area contributed by atoms with Crippen LogP contribution in [0.5, 0.6) is 0 Å². The van der Waals surface area contributed by atoms with Gasteiger partial charge in [0.2, 0.25) is 0 Å². The van der Waals surface area contributed by atoms with Gasteiger partial charge in [0, 0.05) is 30.1 Å². The van der Waals surface area contributed by atoms with Crippen LogP contribution >= 0.6 is 0 Å². The predicted molar refractivity (Wildman–Crippen MR) is 167 cm³/mol. The number of nitriles is 1. The SMILES string of the molecule is CCC(F)(F)OC[C@@H]1CC[C@H](c2ccc(C(F)(F)F)cc2)CN1c1ccc(C(=O)NC(CC#N)c2ccc(S(=O)(=O)CC)cc2)cc1. The van der Waals surface area contributed by atoms with Crippen LogP contribution < -0.4 is 10.2 Å². The van der Waals surface area contributed by atoms with Gasteiger partial charge in [-0.25, -0.2) is 8.42 Å². The zero-order valence-corrected chi connectivity index (χ0v) is 26.8. The Labute approximate surface area is 271 Å². The molecule has 1 aliphatic heterocycles. The predicted octanol–water partition coefficient (Wildman–Crippen LogP) is 7.66. The maximum absolute atomic E-state index is 14.0. The highest BCUT2D eigenvalue weighted by molar-refractivity contribution is 7.91. The van der Waals surface area contributed by atoms with Gasteiger partial charge in [0.25, 0.3) is 5.91 Å². The summed E-state index contributed by atoms with van der Waals surface area (Å²) < 4.78 is 96.6. The van der Waals surface area contributed by atoms with Crippen molar-refractivity contribution in [3.63, 3.8) is 0 Å². The average Bonchev–Trinajstić information content (AvgIpc) is 3.07. The molecular weight excluding hydrogens is 641 g/mol. The first-order valence-corrected chi connectivity index (χ1v) is 16.9. The second kappa shape index (κ2) is 14.8. The molecule has 0 aromatic heterocycles. The molecule has 252 valence electrons. The van der Waals surface area contributed by atoms with Crippen LogP contribution in [0.3, 0.4) is 0 Å². The molecule has 1 N–H and O–H groups in total. The lowest BCUT2D eigenvalue weighted by molar-refractivity contribution is -0.241. The summed E-state index contributed by atoms with van der Waals surface area (Å²) >= 11 is 0. The smallest absolute Gasteiger partial charge is 0.366 e. The minimum Gasteiger partial charge on any atom is -0.366 e. The molecule has 0 radical (unpaired) electrons. The molecule has 0 bridgehead atoms. The van der Waals surface area contributed by atoms with Gasteiger partial charge in [-0.15, -0.1) is 0 Å². The third kappa shape index (κ3) is 9.08. The van der Waals surface area contributed by atoms with E-state index in [4.69, 9.17) is 4.74 Å². The normalized spacial score (nSPS) is 18.0. The lowest BCUT2D eigenvalue weighted by Crippen LogP contribution is -2.46. The van der Waals surface area contributed by atoms with Crippen molar-refractivity contribution in [1.82, 2.24) is 5.32 Å². The number of carbonyl (C=O) groups is 1. The minimum atomic E-state index is -4.46. The Bertz CT molecular complexity index is 1660. The summed E-state index contributed by atoms with van der Waals surface area (Å²) in [6.45, 7) is 2.92. The zero-order valence-electron chi connectivity index (χ0n) is 25.9. The van der Waals surface area contributed by atoms with Gasteiger partial charge in [0.15, 0.2) is 9.84 Å². The Hall–Kier alpha value is -4.02. The zero-order chi connectivity index (χ0) is 34.4. The molecule has 0 aliphatic carbocycles. The summed E-state index contributed by atoms with van der Waals surface area (Å²) in [5.41, 5.74) is 1.38. The molecule has 7 nitrogen and oxygen atoms in total. The van der Waals surface area contributed by atoms with Gasteiger partial charge in [0.1, 0.15) is 0 Å². The third-order valence-corrected chi connectivity index (χ3v) is 10.1. The standard InChI is InChI=1S/C34H36F5N3O4S/c1-3-33(35,36)46-22-29-16-9-26(23-5-12-27(13-6-23)34(37,38)39)21-42(29)28-14-7-25(8-15-28)32(43)41-31(19-20-40)24-10-17-30(18-11-24)47(44,45)4-2/h5-8,10-15,17-18,26,29,31H,3-4,9,16,19,21-22H2,1-2H3,(H,41,43)/t26-,29-,31?/m0/s1. The maximum atomic E-state index is 14.0. The van der Waals surface area contributed by atoms with Crippen LogP contribution in [0.4, 0.5) is 27.6 Å². The van der Waals surface area contributed by atoms with E-state index in [9.17, 15) is 40.4 Å². The largest absolute Gasteiger partial charge is 0.416 e. The number of alkyl halides is 5.